The zero-order chi connectivity index (χ0) is 19.4. The number of benzene rings is 2. The Morgan fingerprint density at radius 1 is 1.07 bits per heavy atom. The van der Waals surface area contributed by atoms with Crippen LogP contribution < -0.4 is 14.8 Å². The van der Waals surface area contributed by atoms with Crippen LogP contribution in [0.25, 0.3) is 0 Å². The number of ketones is 1. The molecule has 2 aromatic carbocycles. The maximum atomic E-state index is 12.5. The predicted octanol–water partition coefficient (Wildman–Crippen LogP) is 3.25. The van der Waals surface area contributed by atoms with Crippen LogP contribution in [0.5, 0.6) is 11.5 Å². The van der Waals surface area contributed by atoms with E-state index in [-0.39, 0.29) is 25.0 Å². The number of rotatable bonds is 7. The molecule has 0 saturated heterocycles. The number of likely N-dealkylation sites (N-methyl/N-ethyl adjacent to an activating group) is 1. The van der Waals surface area contributed by atoms with E-state index >= 15 is 0 Å². The number of Topliss-reactive ketones (excluding diaryl/α,β-unsaturated/α-hetero) is 1. The van der Waals surface area contributed by atoms with Gasteiger partial charge in [0.05, 0.1) is 12.2 Å². The van der Waals surface area contributed by atoms with Crippen LogP contribution >= 0.6 is 0 Å². The van der Waals surface area contributed by atoms with E-state index in [1.165, 1.54) is 12.5 Å². The number of amides is 1. The fourth-order valence-electron chi connectivity index (χ4n) is 3.02. The van der Waals surface area contributed by atoms with Crippen molar-refractivity contribution in [3.05, 3.63) is 53.1 Å². The van der Waals surface area contributed by atoms with E-state index in [2.05, 4.69) is 36.5 Å². The van der Waals surface area contributed by atoms with Crippen LogP contribution in [0.3, 0.4) is 0 Å². The summed E-state index contributed by atoms with van der Waals surface area (Å²) in [5, 5.41) is 2.82. The lowest BCUT2D eigenvalue weighted by Gasteiger charge is -2.17. The van der Waals surface area contributed by atoms with Crippen LogP contribution in [0.15, 0.2) is 36.4 Å². The maximum absolute atomic E-state index is 12.5. The van der Waals surface area contributed by atoms with Crippen molar-refractivity contribution in [3.63, 3.8) is 0 Å². The van der Waals surface area contributed by atoms with E-state index < -0.39 is 0 Å². The summed E-state index contributed by atoms with van der Waals surface area (Å²) in [6.07, 6.45) is 1.01. The Bertz CT molecular complexity index is 846. The highest BCUT2D eigenvalue weighted by Gasteiger charge is 2.20. The third-order valence-electron chi connectivity index (χ3n) is 4.46. The van der Waals surface area contributed by atoms with Gasteiger partial charge in [-0.15, -0.1) is 0 Å². The van der Waals surface area contributed by atoms with Crippen molar-refractivity contribution in [2.75, 3.05) is 25.7 Å². The van der Waals surface area contributed by atoms with E-state index in [0.29, 0.717) is 29.3 Å². The minimum Gasteiger partial charge on any atom is -0.454 e. The Labute approximate surface area is 159 Å². The zero-order valence-corrected chi connectivity index (χ0v) is 15.9. The van der Waals surface area contributed by atoms with Gasteiger partial charge in [0.1, 0.15) is 0 Å². The second-order valence-corrected chi connectivity index (χ2v) is 6.70. The summed E-state index contributed by atoms with van der Waals surface area (Å²) in [5.41, 5.74) is 3.29. The van der Waals surface area contributed by atoms with Crippen molar-refractivity contribution in [1.82, 2.24) is 4.90 Å². The van der Waals surface area contributed by atoms with Crippen molar-refractivity contribution < 1.29 is 19.1 Å². The molecule has 0 fully saturated rings. The second-order valence-electron chi connectivity index (χ2n) is 6.70. The van der Waals surface area contributed by atoms with Gasteiger partial charge in [0.2, 0.25) is 12.7 Å². The molecule has 27 heavy (non-hydrogen) atoms. The molecule has 3 rings (SSSR count). The molecule has 1 aliphatic rings. The van der Waals surface area contributed by atoms with Gasteiger partial charge in [-0.05, 0) is 37.6 Å². The average Bonchev–Trinajstić information content (AvgIpc) is 3.08. The molecule has 0 aromatic heterocycles. The number of aryl methyl sites for hydroxylation is 1. The number of nitrogens with one attached hydrogen (secondary N) is 1. The SMILES string of the molecule is CCc1ccc(CN(C)CC(=O)Nc2cc3c(cc2C(C)=O)OCO3)cc1. The highest BCUT2D eigenvalue weighted by atomic mass is 16.7. The van der Waals surface area contributed by atoms with Crippen LogP contribution in [0.1, 0.15) is 35.3 Å². The first-order valence-electron chi connectivity index (χ1n) is 8.97. The summed E-state index contributed by atoms with van der Waals surface area (Å²) in [6.45, 7) is 4.57. The Balaban J connectivity index is 1.64. The second kappa shape index (κ2) is 8.22. The lowest BCUT2D eigenvalue weighted by atomic mass is 10.1. The van der Waals surface area contributed by atoms with Crippen molar-refractivity contribution in [2.45, 2.75) is 26.8 Å². The number of nitrogens with zero attached hydrogens (tertiary/aromatic N) is 1. The van der Waals surface area contributed by atoms with E-state index in [1.807, 2.05) is 11.9 Å². The Hall–Kier alpha value is -2.86. The summed E-state index contributed by atoms with van der Waals surface area (Å²) in [7, 11) is 1.89. The van der Waals surface area contributed by atoms with E-state index in [1.54, 1.807) is 12.1 Å². The molecule has 1 aliphatic heterocycles. The minimum absolute atomic E-state index is 0.115. The molecule has 0 unspecified atom stereocenters. The molecule has 0 radical (unpaired) electrons. The molecule has 2 aromatic rings. The molecule has 1 N–H and O–H groups in total. The van der Waals surface area contributed by atoms with Crippen LogP contribution in [0.2, 0.25) is 0 Å². The summed E-state index contributed by atoms with van der Waals surface area (Å²) >= 11 is 0. The van der Waals surface area contributed by atoms with E-state index in [9.17, 15) is 9.59 Å². The summed E-state index contributed by atoms with van der Waals surface area (Å²) < 4.78 is 10.6. The van der Waals surface area contributed by atoms with Gasteiger partial charge in [-0.1, -0.05) is 31.2 Å². The molecular weight excluding hydrogens is 344 g/mol. The number of fused-ring (bicyclic) bond motifs is 1. The molecule has 142 valence electrons. The molecule has 1 amide bonds. The van der Waals surface area contributed by atoms with Crippen LogP contribution in [0.4, 0.5) is 5.69 Å². The van der Waals surface area contributed by atoms with Gasteiger partial charge in [-0.2, -0.15) is 0 Å². The van der Waals surface area contributed by atoms with E-state index in [4.69, 9.17) is 9.47 Å². The normalized spacial score (nSPS) is 12.3. The van der Waals surface area contributed by atoms with Crippen LogP contribution in [-0.4, -0.2) is 37.0 Å². The van der Waals surface area contributed by atoms with Gasteiger partial charge in [0.25, 0.3) is 0 Å². The summed E-state index contributed by atoms with van der Waals surface area (Å²) in [4.78, 5) is 26.3. The topological polar surface area (TPSA) is 67.9 Å². The molecule has 6 heteroatoms. The monoisotopic (exact) mass is 368 g/mol. The average molecular weight is 368 g/mol. The van der Waals surface area contributed by atoms with Gasteiger partial charge >= 0.3 is 0 Å². The van der Waals surface area contributed by atoms with Gasteiger partial charge < -0.3 is 14.8 Å². The van der Waals surface area contributed by atoms with Crippen molar-refractivity contribution in [2.24, 2.45) is 0 Å². The number of anilines is 1. The van der Waals surface area contributed by atoms with Crippen LogP contribution in [0, 0.1) is 0 Å². The molecule has 0 atom stereocenters. The van der Waals surface area contributed by atoms with Crippen molar-refractivity contribution >= 4 is 17.4 Å². The third-order valence-corrected chi connectivity index (χ3v) is 4.46. The van der Waals surface area contributed by atoms with Gasteiger partial charge in [0.15, 0.2) is 17.3 Å². The number of ether oxygens (including phenoxy) is 2. The Kier molecular flexibility index (Phi) is 5.76. The van der Waals surface area contributed by atoms with Gasteiger partial charge in [0, 0.05) is 18.2 Å². The fourth-order valence-corrected chi connectivity index (χ4v) is 3.02. The molecule has 0 bridgehead atoms. The highest BCUT2D eigenvalue weighted by Crippen LogP contribution is 2.37. The highest BCUT2D eigenvalue weighted by molar-refractivity contribution is 6.05. The standard InChI is InChI=1S/C21H24N2O4/c1-4-15-5-7-16(8-6-15)11-23(3)12-21(25)22-18-10-20-19(26-13-27-20)9-17(18)14(2)24/h5-10H,4,11-13H2,1-3H3,(H,22,25). The molecule has 0 saturated carbocycles. The van der Waals surface area contributed by atoms with Gasteiger partial charge in [-0.25, -0.2) is 0 Å². The lowest BCUT2D eigenvalue weighted by molar-refractivity contribution is -0.117. The third kappa shape index (κ3) is 4.65. The number of carbonyl (C=O) groups excluding carboxylic acids is 2. The number of hydrogen-bond donors (Lipinski definition) is 1. The minimum atomic E-state index is -0.191. The first-order valence-corrected chi connectivity index (χ1v) is 8.97. The van der Waals surface area contributed by atoms with Gasteiger partial charge in [-0.3, -0.25) is 14.5 Å². The Morgan fingerprint density at radius 3 is 2.33 bits per heavy atom. The smallest absolute Gasteiger partial charge is 0.238 e. The first kappa shape index (κ1) is 18.9. The quantitative estimate of drug-likeness (QED) is 0.760. The molecule has 1 heterocycles. The fraction of sp³-hybridized carbons (Fsp3) is 0.333. The van der Waals surface area contributed by atoms with Crippen molar-refractivity contribution in [3.8, 4) is 11.5 Å². The number of hydrogen-bond acceptors (Lipinski definition) is 5. The molecule has 0 aliphatic carbocycles. The molecule has 6 nitrogen and oxygen atoms in total. The van der Waals surface area contributed by atoms with Crippen molar-refractivity contribution in [1.29, 1.82) is 0 Å². The summed E-state index contributed by atoms with van der Waals surface area (Å²) in [5.74, 6) is 0.711. The zero-order valence-electron chi connectivity index (χ0n) is 15.9. The lowest BCUT2D eigenvalue weighted by Crippen LogP contribution is -2.30. The first-order chi connectivity index (χ1) is 13.0. The molecular formula is C21H24N2O4. The largest absolute Gasteiger partial charge is 0.454 e. The Morgan fingerprint density at radius 2 is 1.70 bits per heavy atom. The predicted molar refractivity (Wildman–Crippen MR) is 103 cm³/mol. The molecule has 0 spiro atoms. The van der Waals surface area contributed by atoms with E-state index in [0.717, 1.165) is 12.0 Å². The summed E-state index contributed by atoms with van der Waals surface area (Å²) in [6, 6.07) is 11.6. The maximum Gasteiger partial charge on any atom is 0.238 e. The number of carbonyl (C=O) groups is 2. The van der Waals surface area contributed by atoms with Crippen LogP contribution in [-0.2, 0) is 17.8 Å².